The van der Waals surface area contributed by atoms with E-state index in [1.807, 2.05) is 48.4 Å². The van der Waals surface area contributed by atoms with Gasteiger partial charge in [0.2, 0.25) is 0 Å². The van der Waals surface area contributed by atoms with E-state index in [1.165, 1.54) is 11.1 Å². The number of phenolic OH excluding ortho intramolecular Hbond substituents is 1. The average molecular weight is 533 g/mol. The first-order valence-electron chi connectivity index (χ1n) is 14.0. The van der Waals surface area contributed by atoms with Crippen LogP contribution in [0, 0.1) is 0 Å². The van der Waals surface area contributed by atoms with Crippen LogP contribution in [-0.4, -0.2) is 24.6 Å². The zero-order valence-electron chi connectivity index (χ0n) is 25.2. The van der Waals surface area contributed by atoms with Gasteiger partial charge in [0.15, 0.2) is 0 Å². The van der Waals surface area contributed by atoms with Crippen molar-refractivity contribution in [2.24, 2.45) is 7.05 Å². The normalized spacial score (nSPS) is 12.4. The topological polar surface area (TPSA) is 63.8 Å². The maximum atomic E-state index is 11.6. The third-order valence-corrected chi connectivity index (χ3v) is 7.71. The predicted molar refractivity (Wildman–Crippen MR) is 166 cm³/mol. The molecule has 0 bridgehead atoms. The predicted octanol–water partition coefficient (Wildman–Crippen LogP) is 8.79. The van der Waals surface area contributed by atoms with Crippen molar-refractivity contribution >= 4 is 11.0 Å². The van der Waals surface area contributed by atoms with Gasteiger partial charge in [-0.2, -0.15) is 0 Å². The van der Waals surface area contributed by atoms with Gasteiger partial charge in [0.1, 0.15) is 17.1 Å². The fourth-order valence-corrected chi connectivity index (χ4v) is 5.18. The summed E-state index contributed by atoms with van der Waals surface area (Å²) in [4.78, 5) is 14.4. The Balaban J connectivity index is 1.77. The SMILES string of the molecule is CC(C)c1cc(-c2ccccn2)cc(-c2cncc3c2nc(-c2cc(C(C)(C)C)cc(C(C)(C)C)c2O)n3C)c1. The zero-order chi connectivity index (χ0) is 29.0. The first-order chi connectivity index (χ1) is 18.8. The van der Waals surface area contributed by atoms with Crippen molar-refractivity contribution in [3.8, 4) is 39.5 Å². The van der Waals surface area contributed by atoms with Crippen LogP contribution in [0.25, 0.3) is 44.8 Å². The maximum Gasteiger partial charge on any atom is 0.144 e. The quantitative estimate of drug-likeness (QED) is 0.251. The minimum Gasteiger partial charge on any atom is -0.507 e. The van der Waals surface area contributed by atoms with Crippen LogP contribution in [0.5, 0.6) is 5.75 Å². The molecule has 0 radical (unpaired) electrons. The lowest BCUT2D eigenvalue weighted by molar-refractivity contribution is 0.446. The molecule has 0 atom stereocenters. The Hall–Kier alpha value is -3.99. The number of hydrogen-bond acceptors (Lipinski definition) is 4. The molecule has 0 spiro atoms. The molecule has 5 aromatic rings. The highest BCUT2D eigenvalue weighted by molar-refractivity contribution is 5.94. The first kappa shape index (κ1) is 27.6. The van der Waals surface area contributed by atoms with Crippen LogP contribution >= 0.6 is 0 Å². The van der Waals surface area contributed by atoms with Gasteiger partial charge in [-0.3, -0.25) is 9.97 Å². The molecule has 0 aliphatic carbocycles. The summed E-state index contributed by atoms with van der Waals surface area (Å²) in [5, 5.41) is 11.6. The number of aromatic hydroxyl groups is 1. The second-order valence-corrected chi connectivity index (χ2v) is 13.2. The zero-order valence-corrected chi connectivity index (χ0v) is 25.2. The van der Waals surface area contributed by atoms with Crippen molar-refractivity contribution in [2.75, 3.05) is 0 Å². The Morgan fingerprint density at radius 2 is 1.55 bits per heavy atom. The Labute approximate surface area is 238 Å². The van der Waals surface area contributed by atoms with E-state index >= 15 is 0 Å². The smallest absolute Gasteiger partial charge is 0.144 e. The summed E-state index contributed by atoms with van der Waals surface area (Å²) < 4.78 is 2.05. The number of aryl methyl sites for hydroxylation is 1. The molecule has 5 rings (SSSR count). The maximum absolute atomic E-state index is 11.6. The Morgan fingerprint density at radius 1 is 0.825 bits per heavy atom. The Bertz CT molecular complexity index is 1700. The van der Waals surface area contributed by atoms with E-state index in [-0.39, 0.29) is 16.6 Å². The minimum atomic E-state index is -0.226. The van der Waals surface area contributed by atoms with E-state index < -0.39 is 0 Å². The van der Waals surface area contributed by atoms with Crippen LogP contribution < -0.4 is 0 Å². The third kappa shape index (κ3) is 5.01. The molecule has 1 N–H and O–H groups in total. The fourth-order valence-electron chi connectivity index (χ4n) is 5.18. The van der Waals surface area contributed by atoms with E-state index in [0.717, 1.165) is 50.4 Å². The highest BCUT2D eigenvalue weighted by Gasteiger charge is 2.27. The standard InChI is InChI=1S/C35H40N4O/c1-21(2)22-14-23(16-24(15-22)29-12-10-11-13-37-29)27-19-36-20-30-31(27)38-33(39(30)9)26-17-25(34(3,4)5)18-28(32(26)40)35(6,7)8/h10-21,40H,1-9H3. The number of nitrogens with zero attached hydrogens (tertiary/aromatic N) is 4. The number of pyridine rings is 2. The molecule has 5 nitrogen and oxygen atoms in total. The molecule has 0 saturated heterocycles. The summed E-state index contributed by atoms with van der Waals surface area (Å²) >= 11 is 0. The average Bonchev–Trinajstić information content (AvgIpc) is 3.24. The summed E-state index contributed by atoms with van der Waals surface area (Å²) in [7, 11) is 2.00. The van der Waals surface area contributed by atoms with Crippen LogP contribution in [0.1, 0.15) is 78.0 Å². The van der Waals surface area contributed by atoms with E-state index in [1.54, 1.807) is 0 Å². The molecule has 0 aliphatic heterocycles. The number of fused-ring (bicyclic) bond motifs is 1. The second kappa shape index (κ2) is 9.88. The van der Waals surface area contributed by atoms with Crippen molar-refractivity contribution in [1.29, 1.82) is 0 Å². The van der Waals surface area contributed by atoms with Crippen LogP contribution in [0.4, 0.5) is 0 Å². The van der Waals surface area contributed by atoms with Crippen LogP contribution in [0.3, 0.4) is 0 Å². The number of imidazole rings is 1. The molecule has 0 saturated carbocycles. The van der Waals surface area contributed by atoms with Crippen LogP contribution in [0.15, 0.2) is 67.1 Å². The molecular formula is C35H40N4O. The molecule has 3 heterocycles. The van der Waals surface area contributed by atoms with Gasteiger partial charge in [-0.05, 0) is 63.8 Å². The van der Waals surface area contributed by atoms with Crippen LogP contribution in [0.2, 0.25) is 0 Å². The van der Waals surface area contributed by atoms with Gasteiger partial charge in [0.25, 0.3) is 0 Å². The van der Waals surface area contributed by atoms with E-state index in [0.29, 0.717) is 5.92 Å². The van der Waals surface area contributed by atoms with Gasteiger partial charge in [0.05, 0.1) is 23.0 Å². The lowest BCUT2D eigenvalue weighted by Gasteiger charge is -2.27. The molecule has 2 aromatic carbocycles. The highest BCUT2D eigenvalue weighted by atomic mass is 16.3. The molecule has 5 heteroatoms. The number of phenols is 1. The first-order valence-corrected chi connectivity index (χ1v) is 14.0. The van der Waals surface area contributed by atoms with Crippen molar-refractivity contribution in [3.63, 3.8) is 0 Å². The number of hydrogen-bond donors (Lipinski definition) is 1. The summed E-state index contributed by atoms with van der Waals surface area (Å²) in [5.74, 6) is 1.36. The van der Waals surface area contributed by atoms with Gasteiger partial charge < -0.3 is 9.67 Å². The van der Waals surface area contributed by atoms with Crippen molar-refractivity contribution in [3.05, 3.63) is 83.8 Å². The Morgan fingerprint density at radius 3 is 2.17 bits per heavy atom. The van der Waals surface area contributed by atoms with Crippen LogP contribution in [-0.2, 0) is 17.9 Å². The summed E-state index contributed by atoms with van der Waals surface area (Å²) in [6, 6.07) is 16.9. The third-order valence-electron chi connectivity index (χ3n) is 7.71. The molecule has 206 valence electrons. The minimum absolute atomic E-state index is 0.0844. The van der Waals surface area contributed by atoms with E-state index in [2.05, 4.69) is 95.7 Å². The number of aromatic nitrogens is 4. The van der Waals surface area contributed by atoms with E-state index in [9.17, 15) is 5.11 Å². The monoisotopic (exact) mass is 532 g/mol. The van der Waals surface area contributed by atoms with Gasteiger partial charge in [0, 0.05) is 36.1 Å². The summed E-state index contributed by atoms with van der Waals surface area (Å²) in [5.41, 5.74) is 9.55. The van der Waals surface area contributed by atoms with Gasteiger partial charge >= 0.3 is 0 Å². The van der Waals surface area contributed by atoms with Gasteiger partial charge in [-0.15, -0.1) is 0 Å². The van der Waals surface area contributed by atoms with Crippen molar-refractivity contribution in [2.45, 2.75) is 72.1 Å². The van der Waals surface area contributed by atoms with Gasteiger partial charge in [-0.25, -0.2) is 4.98 Å². The molecular weight excluding hydrogens is 492 g/mol. The molecule has 3 aromatic heterocycles. The van der Waals surface area contributed by atoms with Crippen molar-refractivity contribution in [1.82, 2.24) is 19.5 Å². The molecule has 0 fully saturated rings. The van der Waals surface area contributed by atoms with E-state index in [4.69, 9.17) is 4.98 Å². The molecule has 0 unspecified atom stereocenters. The Kier molecular flexibility index (Phi) is 6.81. The molecule has 40 heavy (non-hydrogen) atoms. The summed E-state index contributed by atoms with van der Waals surface area (Å²) in [6.07, 6.45) is 5.58. The van der Waals surface area contributed by atoms with Gasteiger partial charge in [-0.1, -0.05) is 73.6 Å². The molecule has 0 aliphatic rings. The number of benzene rings is 2. The number of rotatable bonds is 4. The second-order valence-electron chi connectivity index (χ2n) is 13.2. The lowest BCUT2D eigenvalue weighted by Crippen LogP contribution is -2.17. The lowest BCUT2D eigenvalue weighted by atomic mass is 9.79. The highest BCUT2D eigenvalue weighted by Crippen LogP contribution is 2.43. The largest absolute Gasteiger partial charge is 0.507 e. The summed E-state index contributed by atoms with van der Waals surface area (Å²) in [6.45, 7) is 17.4. The molecule has 0 amide bonds. The van der Waals surface area contributed by atoms with Crippen molar-refractivity contribution < 1.29 is 5.11 Å². The fraction of sp³-hybridized carbons (Fsp3) is 0.343.